The lowest BCUT2D eigenvalue weighted by atomic mass is 10.1. The third kappa shape index (κ3) is 2.36. The molecule has 0 saturated carbocycles. The first-order valence-electron chi connectivity index (χ1n) is 5.33. The quantitative estimate of drug-likeness (QED) is 0.824. The van der Waals surface area contributed by atoms with Gasteiger partial charge in [0.25, 0.3) is 0 Å². The van der Waals surface area contributed by atoms with Crippen molar-refractivity contribution in [3.63, 3.8) is 0 Å². The third-order valence-electron chi connectivity index (χ3n) is 2.63. The van der Waals surface area contributed by atoms with Crippen molar-refractivity contribution >= 4 is 10.9 Å². The fourth-order valence-electron chi connectivity index (χ4n) is 1.83. The Labute approximate surface area is 90.1 Å². The number of aryl methyl sites for hydroxylation is 1. The molecule has 3 nitrogen and oxygen atoms in total. The van der Waals surface area contributed by atoms with Gasteiger partial charge in [0, 0.05) is 5.39 Å². The number of rotatable bonds is 4. The Morgan fingerprint density at radius 1 is 1.33 bits per heavy atom. The predicted molar refractivity (Wildman–Crippen MR) is 63.0 cm³/mol. The molecular weight excluding hydrogens is 186 g/mol. The Morgan fingerprint density at radius 3 is 3.00 bits per heavy atom. The Hall–Kier alpha value is -1.35. The summed E-state index contributed by atoms with van der Waals surface area (Å²) >= 11 is 0. The van der Waals surface area contributed by atoms with Crippen LogP contribution in [0.3, 0.4) is 0 Å². The summed E-state index contributed by atoms with van der Waals surface area (Å²) in [4.78, 5) is 2.22. The molecule has 0 atom stereocenters. The smallest absolute Gasteiger partial charge is 0.0653 e. The molecule has 0 unspecified atom stereocenters. The summed E-state index contributed by atoms with van der Waals surface area (Å²) in [5.41, 5.74) is 2.53. The van der Waals surface area contributed by atoms with Gasteiger partial charge in [0.05, 0.1) is 11.7 Å². The predicted octanol–water partition coefficient (Wildman–Crippen LogP) is 2.06. The maximum absolute atomic E-state index is 4.07. The summed E-state index contributed by atoms with van der Waals surface area (Å²) in [7, 11) is 4.22. The Balaban J connectivity index is 2.10. The second kappa shape index (κ2) is 4.45. The number of nitrogens with one attached hydrogen (secondary N) is 1. The summed E-state index contributed by atoms with van der Waals surface area (Å²) in [6, 6.07) is 6.34. The molecule has 3 heteroatoms. The topological polar surface area (TPSA) is 31.9 Å². The molecule has 0 amide bonds. The minimum absolute atomic E-state index is 1.12. The molecule has 2 aromatic rings. The first-order chi connectivity index (χ1) is 7.27. The minimum atomic E-state index is 1.12. The number of hydrogen-bond donors (Lipinski definition) is 1. The van der Waals surface area contributed by atoms with Crippen LogP contribution in [0.4, 0.5) is 0 Å². The number of nitrogens with zero attached hydrogens (tertiary/aromatic N) is 2. The molecule has 15 heavy (non-hydrogen) atoms. The summed E-state index contributed by atoms with van der Waals surface area (Å²) < 4.78 is 0. The van der Waals surface area contributed by atoms with Crippen molar-refractivity contribution in [2.75, 3.05) is 20.6 Å². The maximum Gasteiger partial charge on any atom is 0.0653 e. The standard InChI is InChI=1S/C12H17N3/c1-15(2)8-4-6-10-5-3-7-12-11(10)9-13-14-12/h3,5,7,9H,4,6,8H2,1-2H3,(H,13,14). The van der Waals surface area contributed by atoms with Crippen LogP contribution in [-0.4, -0.2) is 35.7 Å². The lowest BCUT2D eigenvalue weighted by Gasteiger charge is -2.09. The fraction of sp³-hybridized carbons (Fsp3) is 0.417. The monoisotopic (exact) mass is 203 g/mol. The van der Waals surface area contributed by atoms with Crippen LogP contribution in [0.2, 0.25) is 0 Å². The van der Waals surface area contributed by atoms with E-state index in [9.17, 15) is 0 Å². The number of aromatic amines is 1. The molecule has 0 saturated heterocycles. The number of fused-ring (bicyclic) bond motifs is 1. The van der Waals surface area contributed by atoms with E-state index in [4.69, 9.17) is 0 Å². The molecule has 1 aromatic carbocycles. The van der Waals surface area contributed by atoms with Gasteiger partial charge in [-0.3, -0.25) is 5.10 Å². The molecule has 0 bridgehead atoms. The van der Waals surface area contributed by atoms with Gasteiger partial charge >= 0.3 is 0 Å². The minimum Gasteiger partial charge on any atom is -0.309 e. The van der Waals surface area contributed by atoms with Crippen LogP contribution in [0.1, 0.15) is 12.0 Å². The van der Waals surface area contributed by atoms with E-state index in [2.05, 4.69) is 47.4 Å². The zero-order chi connectivity index (χ0) is 10.7. The highest BCUT2D eigenvalue weighted by Crippen LogP contribution is 2.17. The van der Waals surface area contributed by atoms with E-state index >= 15 is 0 Å². The zero-order valence-electron chi connectivity index (χ0n) is 9.33. The molecule has 0 aliphatic heterocycles. The van der Waals surface area contributed by atoms with Gasteiger partial charge in [-0.25, -0.2) is 0 Å². The van der Waals surface area contributed by atoms with Crippen LogP contribution in [0.5, 0.6) is 0 Å². The van der Waals surface area contributed by atoms with Gasteiger partial charge in [0.2, 0.25) is 0 Å². The summed E-state index contributed by atoms with van der Waals surface area (Å²) in [5, 5.41) is 8.33. The summed E-state index contributed by atoms with van der Waals surface area (Å²) in [5.74, 6) is 0. The Morgan fingerprint density at radius 2 is 2.20 bits per heavy atom. The van der Waals surface area contributed by atoms with Gasteiger partial charge in [-0.15, -0.1) is 0 Å². The summed E-state index contributed by atoms with van der Waals surface area (Å²) in [6.45, 7) is 1.13. The number of benzene rings is 1. The first kappa shape index (κ1) is 10.2. The van der Waals surface area contributed by atoms with Crippen molar-refractivity contribution in [1.29, 1.82) is 0 Å². The lowest BCUT2D eigenvalue weighted by Crippen LogP contribution is -2.13. The Kier molecular flexibility index (Phi) is 3.02. The molecule has 1 aromatic heterocycles. The van der Waals surface area contributed by atoms with E-state index in [1.54, 1.807) is 0 Å². The molecule has 0 aliphatic rings. The molecule has 0 spiro atoms. The normalized spacial score (nSPS) is 11.4. The number of hydrogen-bond acceptors (Lipinski definition) is 2. The van der Waals surface area contributed by atoms with Crippen molar-refractivity contribution in [1.82, 2.24) is 15.1 Å². The molecule has 1 N–H and O–H groups in total. The van der Waals surface area contributed by atoms with Crippen molar-refractivity contribution in [3.05, 3.63) is 30.0 Å². The third-order valence-corrected chi connectivity index (χ3v) is 2.63. The molecule has 0 aliphatic carbocycles. The van der Waals surface area contributed by atoms with Gasteiger partial charge < -0.3 is 4.90 Å². The van der Waals surface area contributed by atoms with Crippen molar-refractivity contribution in [3.8, 4) is 0 Å². The van der Waals surface area contributed by atoms with Crippen molar-refractivity contribution in [2.45, 2.75) is 12.8 Å². The number of aromatic nitrogens is 2. The van der Waals surface area contributed by atoms with Gasteiger partial charge in [-0.05, 0) is 45.1 Å². The number of H-pyrrole nitrogens is 1. The maximum atomic E-state index is 4.07. The van der Waals surface area contributed by atoms with Crippen LogP contribution in [-0.2, 0) is 6.42 Å². The molecule has 1 heterocycles. The SMILES string of the molecule is CN(C)CCCc1cccc2[nH]ncc12. The van der Waals surface area contributed by atoms with E-state index in [0.717, 1.165) is 18.5 Å². The van der Waals surface area contributed by atoms with E-state index in [-0.39, 0.29) is 0 Å². The van der Waals surface area contributed by atoms with Crippen molar-refractivity contribution < 1.29 is 0 Å². The highest BCUT2D eigenvalue weighted by atomic mass is 15.1. The fourth-order valence-corrected chi connectivity index (χ4v) is 1.83. The van der Waals surface area contributed by atoms with E-state index in [0.29, 0.717) is 0 Å². The van der Waals surface area contributed by atoms with Gasteiger partial charge in [0.15, 0.2) is 0 Å². The highest BCUT2D eigenvalue weighted by Gasteiger charge is 2.02. The van der Waals surface area contributed by atoms with E-state index < -0.39 is 0 Å². The van der Waals surface area contributed by atoms with Gasteiger partial charge in [-0.2, -0.15) is 5.10 Å². The molecular formula is C12H17N3. The van der Waals surface area contributed by atoms with Crippen LogP contribution < -0.4 is 0 Å². The van der Waals surface area contributed by atoms with Gasteiger partial charge in [-0.1, -0.05) is 12.1 Å². The molecule has 80 valence electrons. The Bertz CT molecular complexity index is 431. The highest BCUT2D eigenvalue weighted by molar-refractivity contribution is 5.81. The first-order valence-corrected chi connectivity index (χ1v) is 5.33. The average molecular weight is 203 g/mol. The summed E-state index contributed by atoms with van der Waals surface area (Å²) in [6.07, 6.45) is 4.23. The second-order valence-corrected chi connectivity index (χ2v) is 4.16. The van der Waals surface area contributed by atoms with Crippen molar-refractivity contribution in [2.24, 2.45) is 0 Å². The van der Waals surface area contributed by atoms with Crippen LogP contribution in [0.25, 0.3) is 10.9 Å². The van der Waals surface area contributed by atoms with E-state index in [1.807, 2.05) is 6.20 Å². The van der Waals surface area contributed by atoms with Crippen LogP contribution >= 0.6 is 0 Å². The molecule has 0 radical (unpaired) electrons. The molecule has 0 fully saturated rings. The molecule has 2 rings (SSSR count). The largest absolute Gasteiger partial charge is 0.309 e. The second-order valence-electron chi connectivity index (χ2n) is 4.16. The van der Waals surface area contributed by atoms with Gasteiger partial charge in [0.1, 0.15) is 0 Å². The lowest BCUT2D eigenvalue weighted by molar-refractivity contribution is 0.400. The van der Waals surface area contributed by atoms with E-state index in [1.165, 1.54) is 17.4 Å². The van der Waals surface area contributed by atoms with Crippen LogP contribution in [0.15, 0.2) is 24.4 Å². The van der Waals surface area contributed by atoms with Crippen LogP contribution in [0, 0.1) is 0 Å². The average Bonchev–Trinajstić information content (AvgIpc) is 2.65. The zero-order valence-corrected chi connectivity index (χ0v) is 9.33.